The van der Waals surface area contributed by atoms with Crippen LogP contribution in [0.4, 0.5) is 8.78 Å². The number of aryl methyl sites for hydroxylation is 1. The predicted molar refractivity (Wildman–Crippen MR) is 79.6 cm³/mol. The van der Waals surface area contributed by atoms with Crippen molar-refractivity contribution in [2.75, 3.05) is 14.2 Å². The molecule has 0 aliphatic rings. The summed E-state index contributed by atoms with van der Waals surface area (Å²) < 4.78 is 32.3. The van der Waals surface area contributed by atoms with Crippen LogP contribution < -0.4 is 10.1 Å². The zero-order valence-electron chi connectivity index (χ0n) is 12.4. The van der Waals surface area contributed by atoms with Gasteiger partial charge in [0.25, 0.3) is 0 Å². The highest BCUT2D eigenvalue weighted by molar-refractivity contribution is 5.34. The third-order valence-electron chi connectivity index (χ3n) is 3.66. The molecule has 2 aromatic carbocycles. The summed E-state index contributed by atoms with van der Waals surface area (Å²) in [7, 11) is 3.29. The smallest absolute Gasteiger partial charge is 0.131 e. The predicted octanol–water partition coefficient (Wildman–Crippen LogP) is 3.79. The molecule has 0 aliphatic heterocycles. The lowest BCUT2D eigenvalue weighted by atomic mass is 9.95. The van der Waals surface area contributed by atoms with Crippen molar-refractivity contribution < 1.29 is 13.5 Å². The Balaban J connectivity index is 2.27. The highest BCUT2D eigenvalue weighted by Crippen LogP contribution is 2.25. The van der Waals surface area contributed by atoms with E-state index in [2.05, 4.69) is 5.32 Å². The lowest BCUT2D eigenvalue weighted by Gasteiger charge is -2.19. The summed E-state index contributed by atoms with van der Waals surface area (Å²) in [5, 5.41) is 3.11. The maximum atomic E-state index is 14.2. The molecule has 2 aromatic rings. The molecular weight excluding hydrogens is 272 g/mol. The number of benzene rings is 2. The molecule has 2 nitrogen and oxygen atoms in total. The van der Waals surface area contributed by atoms with Crippen LogP contribution in [0.1, 0.15) is 22.7 Å². The molecule has 1 unspecified atom stereocenters. The second kappa shape index (κ2) is 6.68. The summed E-state index contributed by atoms with van der Waals surface area (Å²) in [4.78, 5) is 0. The molecule has 112 valence electrons. The zero-order chi connectivity index (χ0) is 15.4. The normalized spacial score (nSPS) is 12.2. The average molecular weight is 291 g/mol. The first kappa shape index (κ1) is 15.4. The van der Waals surface area contributed by atoms with E-state index >= 15 is 0 Å². The first-order valence-corrected chi connectivity index (χ1v) is 6.81. The molecular formula is C17H19F2NO. The second-order valence-electron chi connectivity index (χ2n) is 5.00. The van der Waals surface area contributed by atoms with Crippen LogP contribution in [-0.2, 0) is 6.42 Å². The molecule has 0 aliphatic carbocycles. The van der Waals surface area contributed by atoms with Gasteiger partial charge in [-0.2, -0.15) is 0 Å². The minimum Gasteiger partial charge on any atom is -0.497 e. The molecule has 4 heteroatoms. The molecule has 0 heterocycles. The van der Waals surface area contributed by atoms with Crippen molar-refractivity contribution in [3.8, 4) is 5.75 Å². The Morgan fingerprint density at radius 3 is 2.48 bits per heavy atom. The van der Waals surface area contributed by atoms with E-state index in [4.69, 9.17) is 4.74 Å². The van der Waals surface area contributed by atoms with Gasteiger partial charge >= 0.3 is 0 Å². The largest absolute Gasteiger partial charge is 0.497 e. The van der Waals surface area contributed by atoms with Gasteiger partial charge in [-0.3, -0.25) is 0 Å². The fourth-order valence-electron chi connectivity index (χ4n) is 2.39. The molecule has 1 atom stereocenters. The molecule has 2 rings (SSSR count). The molecule has 21 heavy (non-hydrogen) atoms. The Kier molecular flexibility index (Phi) is 4.91. The van der Waals surface area contributed by atoms with Crippen molar-refractivity contribution >= 4 is 0 Å². The Morgan fingerprint density at radius 1 is 1.14 bits per heavy atom. The van der Waals surface area contributed by atoms with Crippen molar-refractivity contribution in [1.29, 1.82) is 0 Å². The molecule has 0 amide bonds. The number of hydrogen-bond acceptors (Lipinski definition) is 2. The first-order valence-electron chi connectivity index (χ1n) is 6.81. The van der Waals surface area contributed by atoms with Crippen molar-refractivity contribution in [3.63, 3.8) is 0 Å². The fourth-order valence-corrected chi connectivity index (χ4v) is 2.39. The van der Waals surface area contributed by atoms with Gasteiger partial charge in [-0.15, -0.1) is 0 Å². The second-order valence-corrected chi connectivity index (χ2v) is 5.00. The summed E-state index contributed by atoms with van der Waals surface area (Å²) in [6, 6.07) is 9.31. The van der Waals surface area contributed by atoms with E-state index in [0.29, 0.717) is 17.7 Å². The lowest BCUT2D eigenvalue weighted by Crippen LogP contribution is -2.20. The van der Waals surface area contributed by atoms with Crippen molar-refractivity contribution in [2.24, 2.45) is 0 Å². The number of nitrogens with one attached hydrogen (secondary N) is 1. The number of likely N-dealkylation sites (N-methyl/N-ethyl adjacent to an activating group) is 1. The van der Waals surface area contributed by atoms with Gasteiger partial charge in [-0.1, -0.05) is 12.1 Å². The van der Waals surface area contributed by atoms with Gasteiger partial charge in [0.05, 0.1) is 7.11 Å². The number of halogens is 2. The SMILES string of the molecule is CNC(Cc1ccc(F)cc1C)c1ccc(OC)cc1F. The summed E-state index contributed by atoms with van der Waals surface area (Å²) in [6.45, 7) is 1.86. The van der Waals surface area contributed by atoms with Crippen LogP contribution in [0.15, 0.2) is 36.4 Å². The van der Waals surface area contributed by atoms with Crippen LogP contribution in [0.3, 0.4) is 0 Å². The van der Waals surface area contributed by atoms with E-state index in [1.54, 1.807) is 25.2 Å². The van der Waals surface area contributed by atoms with Crippen LogP contribution in [0.5, 0.6) is 5.75 Å². The number of hydrogen-bond donors (Lipinski definition) is 1. The quantitative estimate of drug-likeness (QED) is 0.905. The molecule has 0 saturated heterocycles. The molecule has 1 N–H and O–H groups in total. The molecule has 0 spiro atoms. The van der Waals surface area contributed by atoms with Crippen LogP contribution in [0.25, 0.3) is 0 Å². The van der Waals surface area contributed by atoms with Crippen LogP contribution >= 0.6 is 0 Å². The van der Waals surface area contributed by atoms with Crippen molar-refractivity contribution in [1.82, 2.24) is 5.32 Å². The summed E-state index contributed by atoms with van der Waals surface area (Å²) in [6.07, 6.45) is 0.589. The van der Waals surface area contributed by atoms with Crippen LogP contribution in [0.2, 0.25) is 0 Å². The van der Waals surface area contributed by atoms with Gasteiger partial charge in [0, 0.05) is 17.7 Å². The van der Waals surface area contributed by atoms with Gasteiger partial charge in [-0.25, -0.2) is 8.78 Å². The lowest BCUT2D eigenvalue weighted by molar-refractivity contribution is 0.409. The number of rotatable bonds is 5. The number of methoxy groups -OCH3 is 1. The third-order valence-corrected chi connectivity index (χ3v) is 3.66. The molecule has 0 saturated carbocycles. The van der Waals surface area contributed by atoms with E-state index in [-0.39, 0.29) is 17.7 Å². The van der Waals surface area contributed by atoms with E-state index in [1.807, 2.05) is 6.92 Å². The maximum absolute atomic E-state index is 14.2. The van der Waals surface area contributed by atoms with E-state index in [9.17, 15) is 8.78 Å². The van der Waals surface area contributed by atoms with E-state index in [0.717, 1.165) is 11.1 Å². The Morgan fingerprint density at radius 2 is 1.90 bits per heavy atom. The monoisotopic (exact) mass is 291 g/mol. The van der Waals surface area contributed by atoms with Gasteiger partial charge in [0.15, 0.2) is 0 Å². The molecule has 0 fully saturated rings. The molecule has 0 bridgehead atoms. The Bertz CT molecular complexity index is 628. The highest BCUT2D eigenvalue weighted by atomic mass is 19.1. The van der Waals surface area contributed by atoms with Crippen molar-refractivity contribution in [3.05, 3.63) is 64.7 Å². The first-order chi connectivity index (χ1) is 10.0. The Hall–Kier alpha value is -1.94. The fraction of sp³-hybridized carbons (Fsp3) is 0.294. The average Bonchev–Trinajstić information content (AvgIpc) is 2.47. The van der Waals surface area contributed by atoms with Gasteiger partial charge in [0.1, 0.15) is 17.4 Å². The van der Waals surface area contributed by atoms with E-state index < -0.39 is 0 Å². The van der Waals surface area contributed by atoms with E-state index in [1.165, 1.54) is 25.3 Å². The maximum Gasteiger partial charge on any atom is 0.131 e. The minimum atomic E-state index is -0.312. The summed E-state index contributed by atoms with van der Waals surface area (Å²) in [5.41, 5.74) is 2.43. The van der Waals surface area contributed by atoms with Gasteiger partial charge in [0.2, 0.25) is 0 Å². The third kappa shape index (κ3) is 3.58. The summed E-state index contributed by atoms with van der Waals surface area (Å²) in [5.74, 6) is -0.0783. The zero-order valence-corrected chi connectivity index (χ0v) is 12.4. The summed E-state index contributed by atoms with van der Waals surface area (Å²) >= 11 is 0. The van der Waals surface area contributed by atoms with Gasteiger partial charge < -0.3 is 10.1 Å². The van der Waals surface area contributed by atoms with Crippen LogP contribution in [-0.4, -0.2) is 14.2 Å². The molecule has 0 aromatic heterocycles. The Labute approximate surface area is 123 Å². The molecule has 0 radical (unpaired) electrons. The highest BCUT2D eigenvalue weighted by Gasteiger charge is 2.16. The van der Waals surface area contributed by atoms with Crippen LogP contribution in [0, 0.1) is 18.6 Å². The minimum absolute atomic E-state index is 0.180. The number of ether oxygens (including phenoxy) is 1. The van der Waals surface area contributed by atoms with Gasteiger partial charge in [-0.05, 0) is 49.7 Å². The van der Waals surface area contributed by atoms with Crippen molar-refractivity contribution in [2.45, 2.75) is 19.4 Å². The topological polar surface area (TPSA) is 21.3 Å². The standard InChI is InChI=1S/C17H19F2NO/c1-11-8-13(18)5-4-12(11)9-17(20-2)15-7-6-14(21-3)10-16(15)19/h4-8,10,17,20H,9H2,1-3H3.